The fourth-order valence-electron chi connectivity index (χ4n) is 3.70. The van der Waals surface area contributed by atoms with E-state index in [1.165, 1.54) is 0 Å². The number of amides is 1. The highest BCUT2D eigenvalue weighted by Gasteiger charge is 2.30. The Morgan fingerprint density at radius 3 is 3.07 bits per heavy atom. The molecule has 1 fully saturated rings. The predicted octanol–water partition coefficient (Wildman–Crippen LogP) is 3.21. The van der Waals surface area contributed by atoms with Crippen LogP contribution in [0, 0.1) is 0 Å². The van der Waals surface area contributed by atoms with Crippen LogP contribution in [0.3, 0.4) is 0 Å². The number of alkyl carbamates (subject to hydrolysis) is 1. The Labute approximate surface area is 162 Å². The number of H-pyrrole nitrogens is 1. The van der Waals surface area contributed by atoms with Crippen molar-refractivity contribution in [3.8, 4) is 0 Å². The summed E-state index contributed by atoms with van der Waals surface area (Å²) in [4.78, 5) is 16.1. The van der Waals surface area contributed by atoms with Crippen LogP contribution < -0.4 is 10.6 Å². The molecule has 1 aliphatic carbocycles. The summed E-state index contributed by atoms with van der Waals surface area (Å²) in [7, 11) is 1.89. The van der Waals surface area contributed by atoms with E-state index >= 15 is 0 Å². The Morgan fingerprint density at radius 2 is 2.25 bits per heavy atom. The third-order valence-electron chi connectivity index (χ3n) is 4.99. The first-order valence-electron chi connectivity index (χ1n) is 9.56. The summed E-state index contributed by atoms with van der Waals surface area (Å²) in [6, 6.07) is 4.00. The number of carbonyl (C=O) groups is 1. The predicted molar refractivity (Wildman–Crippen MR) is 106 cm³/mol. The van der Waals surface area contributed by atoms with Crippen LogP contribution in [0.15, 0.2) is 24.5 Å². The number of rotatable bonds is 5. The summed E-state index contributed by atoms with van der Waals surface area (Å²) in [5.74, 6) is 1.04. The van der Waals surface area contributed by atoms with E-state index in [1.54, 1.807) is 17.1 Å². The maximum atomic E-state index is 11.8. The first kappa shape index (κ1) is 18.3. The van der Waals surface area contributed by atoms with E-state index in [1.807, 2.05) is 33.0 Å². The van der Waals surface area contributed by atoms with E-state index in [2.05, 4.69) is 30.9 Å². The van der Waals surface area contributed by atoms with Crippen LogP contribution in [-0.2, 0) is 11.8 Å². The maximum Gasteiger partial charge on any atom is 0.407 e. The van der Waals surface area contributed by atoms with Crippen molar-refractivity contribution < 1.29 is 9.53 Å². The Bertz CT molecular complexity index is 978. The standard InChI is InChI=1S/C19H25N7O2/c1-11(2)22-19(27)28-13-5-4-12(8-13)15-9-17(25-24-15)23-14-6-7-20-16-10-21-26(3)18(14)16/h6-7,9-13H,4-5,8H2,1-3H3,(H,22,27)(H2,20,23,24,25). The molecule has 3 aromatic heterocycles. The molecule has 2 atom stereocenters. The average Bonchev–Trinajstić information content (AvgIpc) is 3.35. The first-order chi connectivity index (χ1) is 13.5. The Kier molecular flexibility index (Phi) is 4.89. The van der Waals surface area contributed by atoms with Crippen LogP contribution >= 0.6 is 0 Å². The van der Waals surface area contributed by atoms with Crippen molar-refractivity contribution in [2.45, 2.75) is 51.2 Å². The van der Waals surface area contributed by atoms with Gasteiger partial charge in [-0.1, -0.05) is 0 Å². The third-order valence-corrected chi connectivity index (χ3v) is 4.99. The van der Waals surface area contributed by atoms with E-state index in [0.717, 1.165) is 47.5 Å². The summed E-state index contributed by atoms with van der Waals surface area (Å²) in [5, 5.41) is 17.9. The van der Waals surface area contributed by atoms with Crippen molar-refractivity contribution in [3.05, 3.63) is 30.2 Å². The molecule has 3 heterocycles. The fourth-order valence-corrected chi connectivity index (χ4v) is 3.70. The number of fused-ring (bicyclic) bond motifs is 1. The van der Waals surface area contributed by atoms with Crippen LogP contribution in [0.25, 0.3) is 11.0 Å². The van der Waals surface area contributed by atoms with Gasteiger partial charge in [-0.25, -0.2) is 4.79 Å². The summed E-state index contributed by atoms with van der Waals surface area (Å²) < 4.78 is 7.30. The lowest BCUT2D eigenvalue weighted by molar-refractivity contribution is 0.0981. The molecule has 0 spiro atoms. The Hall–Kier alpha value is -3.10. The number of carbonyl (C=O) groups excluding carboxylic acids is 1. The number of aryl methyl sites for hydroxylation is 1. The molecule has 0 aromatic carbocycles. The zero-order chi connectivity index (χ0) is 19.7. The fraction of sp³-hybridized carbons (Fsp3) is 0.474. The van der Waals surface area contributed by atoms with Crippen LogP contribution in [0.2, 0.25) is 0 Å². The highest BCUT2D eigenvalue weighted by atomic mass is 16.6. The molecule has 1 aliphatic rings. The number of anilines is 2. The zero-order valence-electron chi connectivity index (χ0n) is 16.3. The first-order valence-corrected chi connectivity index (χ1v) is 9.56. The lowest BCUT2D eigenvalue weighted by Gasteiger charge is -2.14. The number of pyridine rings is 1. The van der Waals surface area contributed by atoms with Crippen molar-refractivity contribution in [3.63, 3.8) is 0 Å². The molecule has 1 amide bonds. The molecule has 3 N–H and O–H groups in total. The normalized spacial score (nSPS) is 19.3. The van der Waals surface area contributed by atoms with E-state index in [9.17, 15) is 4.79 Å². The van der Waals surface area contributed by atoms with E-state index in [0.29, 0.717) is 5.92 Å². The van der Waals surface area contributed by atoms with Gasteiger partial charge < -0.3 is 15.4 Å². The van der Waals surface area contributed by atoms with Crippen molar-refractivity contribution >= 4 is 28.6 Å². The van der Waals surface area contributed by atoms with Crippen LogP contribution in [-0.4, -0.2) is 43.2 Å². The minimum absolute atomic E-state index is 0.0577. The Morgan fingerprint density at radius 1 is 1.39 bits per heavy atom. The largest absolute Gasteiger partial charge is 0.446 e. The van der Waals surface area contributed by atoms with Crippen molar-refractivity contribution in [2.75, 3.05) is 5.32 Å². The van der Waals surface area contributed by atoms with Gasteiger partial charge in [0.25, 0.3) is 0 Å². The molecule has 148 valence electrons. The molecule has 9 nitrogen and oxygen atoms in total. The maximum absolute atomic E-state index is 11.8. The summed E-state index contributed by atoms with van der Waals surface area (Å²) in [6.45, 7) is 3.83. The van der Waals surface area contributed by atoms with Crippen molar-refractivity contribution in [1.29, 1.82) is 0 Å². The molecule has 3 aromatic rings. The number of nitrogens with one attached hydrogen (secondary N) is 3. The van der Waals surface area contributed by atoms with Gasteiger partial charge in [0, 0.05) is 37.0 Å². The molecule has 1 saturated carbocycles. The molecule has 0 radical (unpaired) electrons. The summed E-state index contributed by atoms with van der Waals surface area (Å²) in [6.07, 6.45) is 5.71. The minimum atomic E-state index is -0.342. The SMILES string of the molecule is CC(C)NC(=O)OC1CCC(c2cc(Nc3ccnc4cnn(C)c34)n[nH]2)C1. The lowest BCUT2D eigenvalue weighted by Crippen LogP contribution is -2.33. The number of aromatic nitrogens is 5. The average molecular weight is 383 g/mol. The van der Waals surface area contributed by atoms with Crippen molar-refractivity contribution in [1.82, 2.24) is 30.3 Å². The quantitative estimate of drug-likeness (QED) is 0.624. The second kappa shape index (κ2) is 7.49. The second-order valence-electron chi connectivity index (χ2n) is 7.53. The number of hydrogen-bond acceptors (Lipinski definition) is 6. The molecular weight excluding hydrogens is 358 g/mol. The number of ether oxygens (including phenoxy) is 1. The highest BCUT2D eigenvalue weighted by molar-refractivity contribution is 5.89. The molecule has 0 aliphatic heterocycles. The highest BCUT2D eigenvalue weighted by Crippen LogP contribution is 2.36. The zero-order valence-corrected chi connectivity index (χ0v) is 16.3. The Balaban J connectivity index is 1.41. The lowest BCUT2D eigenvalue weighted by atomic mass is 10.0. The third kappa shape index (κ3) is 3.78. The summed E-state index contributed by atoms with van der Waals surface area (Å²) >= 11 is 0. The van der Waals surface area contributed by atoms with Gasteiger partial charge in [0.1, 0.15) is 17.1 Å². The summed E-state index contributed by atoms with van der Waals surface area (Å²) in [5.41, 5.74) is 3.71. The van der Waals surface area contributed by atoms with Crippen LogP contribution in [0.5, 0.6) is 0 Å². The van der Waals surface area contributed by atoms with E-state index in [-0.39, 0.29) is 18.2 Å². The van der Waals surface area contributed by atoms with Gasteiger partial charge in [-0.05, 0) is 39.2 Å². The van der Waals surface area contributed by atoms with Crippen LogP contribution in [0.4, 0.5) is 16.3 Å². The van der Waals surface area contributed by atoms with Crippen molar-refractivity contribution in [2.24, 2.45) is 7.05 Å². The van der Waals surface area contributed by atoms with Gasteiger partial charge in [0.2, 0.25) is 0 Å². The smallest absolute Gasteiger partial charge is 0.407 e. The van der Waals surface area contributed by atoms with Gasteiger partial charge >= 0.3 is 6.09 Å². The van der Waals surface area contributed by atoms with Gasteiger partial charge in [0.15, 0.2) is 5.82 Å². The monoisotopic (exact) mass is 383 g/mol. The molecule has 0 saturated heterocycles. The number of hydrogen-bond donors (Lipinski definition) is 3. The van der Waals surface area contributed by atoms with Gasteiger partial charge in [-0.3, -0.25) is 14.8 Å². The molecule has 9 heteroatoms. The molecular formula is C19H25N7O2. The molecule has 28 heavy (non-hydrogen) atoms. The van der Waals surface area contributed by atoms with E-state index < -0.39 is 0 Å². The number of aromatic amines is 1. The molecule has 0 bridgehead atoms. The molecule has 2 unspecified atom stereocenters. The minimum Gasteiger partial charge on any atom is -0.446 e. The van der Waals surface area contributed by atoms with Gasteiger partial charge in [-0.15, -0.1) is 0 Å². The second-order valence-corrected chi connectivity index (χ2v) is 7.53. The number of nitrogens with zero attached hydrogens (tertiary/aromatic N) is 4. The van der Waals surface area contributed by atoms with Crippen LogP contribution in [0.1, 0.15) is 44.7 Å². The molecule has 4 rings (SSSR count). The van der Waals surface area contributed by atoms with Gasteiger partial charge in [0.05, 0.1) is 11.9 Å². The topological polar surface area (TPSA) is 110 Å². The van der Waals surface area contributed by atoms with Gasteiger partial charge in [-0.2, -0.15) is 10.2 Å². The van der Waals surface area contributed by atoms with E-state index in [4.69, 9.17) is 4.74 Å².